The molecule has 0 fully saturated rings. The minimum atomic E-state index is 0.198. The maximum atomic E-state index is 10.0. The summed E-state index contributed by atoms with van der Waals surface area (Å²) in [7, 11) is 0. The Labute approximate surface area is 125 Å². The van der Waals surface area contributed by atoms with Gasteiger partial charge in [0.05, 0.1) is 0 Å². The molecule has 114 valence electrons. The van der Waals surface area contributed by atoms with Crippen LogP contribution in [0.1, 0.15) is 90.2 Å². The molecule has 0 saturated carbocycles. The Bertz CT molecular complexity index is 406. The third-order valence-electron chi connectivity index (χ3n) is 4.61. The predicted octanol–water partition coefficient (Wildman–Crippen LogP) is 6.15. The Hall–Kier alpha value is -0.980. The van der Waals surface area contributed by atoms with E-state index in [4.69, 9.17) is 0 Å². The molecule has 1 heteroatoms. The quantitative estimate of drug-likeness (QED) is 0.564. The smallest absolute Gasteiger partial charge is 0.119 e. The first-order valence-electron chi connectivity index (χ1n) is 8.25. The van der Waals surface area contributed by atoms with E-state index >= 15 is 0 Å². The highest BCUT2D eigenvalue weighted by atomic mass is 16.3. The summed E-state index contributed by atoms with van der Waals surface area (Å²) in [4.78, 5) is 0. The summed E-state index contributed by atoms with van der Waals surface area (Å²) in [5, 5.41) is 10.0. The van der Waals surface area contributed by atoms with Crippen molar-refractivity contribution in [3.63, 3.8) is 0 Å². The van der Waals surface area contributed by atoms with Crippen molar-refractivity contribution in [1.82, 2.24) is 0 Å². The van der Waals surface area contributed by atoms with Gasteiger partial charge in [-0.2, -0.15) is 0 Å². The van der Waals surface area contributed by atoms with Gasteiger partial charge < -0.3 is 5.11 Å². The van der Waals surface area contributed by atoms with Gasteiger partial charge in [0.1, 0.15) is 5.75 Å². The Morgan fingerprint density at radius 1 is 1.10 bits per heavy atom. The summed E-state index contributed by atoms with van der Waals surface area (Å²) in [6.07, 6.45) is 7.53. The number of phenolic OH excluding ortho intramolecular Hbond substituents is 1. The summed E-state index contributed by atoms with van der Waals surface area (Å²) in [6.45, 7) is 11.3. The van der Waals surface area contributed by atoms with Crippen LogP contribution in [0.25, 0.3) is 0 Å². The van der Waals surface area contributed by atoms with Crippen molar-refractivity contribution in [2.45, 2.75) is 84.5 Å². The Kier molecular flexibility index (Phi) is 6.58. The van der Waals surface area contributed by atoms with E-state index in [1.807, 2.05) is 6.07 Å². The highest BCUT2D eigenvalue weighted by molar-refractivity contribution is 5.40. The molecule has 1 nitrogen and oxygen atoms in total. The van der Waals surface area contributed by atoms with Crippen molar-refractivity contribution in [1.29, 1.82) is 0 Å². The summed E-state index contributed by atoms with van der Waals surface area (Å²) >= 11 is 0. The van der Waals surface area contributed by atoms with E-state index in [0.717, 1.165) is 12.0 Å². The van der Waals surface area contributed by atoms with E-state index in [2.05, 4.69) is 46.8 Å². The average molecular weight is 276 g/mol. The van der Waals surface area contributed by atoms with Crippen LogP contribution in [0.3, 0.4) is 0 Å². The van der Waals surface area contributed by atoms with Crippen molar-refractivity contribution in [3.8, 4) is 5.75 Å². The summed E-state index contributed by atoms with van der Waals surface area (Å²) < 4.78 is 0. The van der Waals surface area contributed by atoms with Gasteiger partial charge in [0.25, 0.3) is 0 Å². The second kappa shape index (κ2) is 7.71. The van der Waals surface area contributed by atoms with Gasteiger partial charge in [0.15, 0.2) is 0 Å². The molecular weight excluding hydrogens is 244 g/mol. The van der Waals surface area contributed by atoms with Crippen molar-refractivity contribution >= 4 is 0 Å². The molecule has 1 unspecified atom stereocenters. The van der Waals surface area contributed by atoms with E-state index in [-0.39, 0.29) is 5.41 Å². The van der Waals surface area contributed by atoms with Crippen molar-refractivity contribution < 1.29 is 5.11 Å². The molecule has 20 heavy (non-hydrogen) atoms. The first-order valence-corrected chi connectivity index (χ1v) is 8.25. The monoisotopic (exact) mass is 276 g/mol. The van der Waals surface area contributed by atoms with E-state index in [9.17, 15) is 5.11 Å². The Morgan fingerprint density at radius 2 is 1.80 bits per heavy atom. The van der Waals surface area contributed by atoms with E-state index in [1.165, 1.54) is 37.7 Å². The molecule has 1 aromatic rings. The molecular formula is C19H32O. The maximum absolute atomic E-state index is 10.0. The second-order valence-electron chi connectivity index (χ2n) is 6.78. The first-order chi connectivity index (χ1) is 9.42. The standard InChI is InChI=1S/C19H32O/c1-6-8-9-10-13-19(4,5)16-11-12-18(20)17(14-16)15(3)7-2/h11-12,14-15,20H,6-10,13H2,1-5H3. The van der Waals surface area contributed by atoms with Crippen LogP contribution in [0.4, 0.5) is 0 Å². The van der Waals surface area contributed by atoms with Gasteiger partial charge in [0, 0.05) is 0 Å². The van der Waals surface area contributed by atoms with Crippen LogP contribution >= 0.6 is 0 Å². The van der Waals surface area contributed by atoms with Gasteiger partial charge >= 0.3 is 0 Å². The number of aromatic hydroxyl groups is 1. The molecule has 0 radical (unpaired) electrons. The third-order valence-corrected chi connectivity index (χ3v) is 4.61. The molecule has 0 heterocycles. The topological polar surface area (TPSA) is 20.2 Å². The minimum Gasteiger partial charge on any atom is -0.508 e. The first kappa shape index (κ1) is 17.1. The van der Waals surface area contributed by atoms with Gasteiger partial charge in [-0.3, -0.25) is 0 Å². The number of hydrogen-bond acceptors (Lipinski definition) is 1. The number of unbranched alkanes of at least 4 members (excludes halogenated alkanes) is 3. The lowest BCUT2D eigenvalue weighted by Crippen LogP contribution is -2.17. The van der Waals surface area contributed by atoms with Crippen molar-refractivity contribution in [2.75, 3.05) is 0 Å². The predicted molar refractivity (Wildman–Crippen MR) is 88.6 cm³/mol. The number of phenols is 1. The van der Waals surface area contributed by atoms with Crippen LogP contribution < -0.4 is 0 Å². The molecule has 1 atom stereocenters. The normalized spacial score (nSPS) is 13.4. The number of benzene rings is 1. The maximum Gasteiger partial charge on any atom is 0.119 e. The fourth-order valence-electron chi connectivity index (χ4n) is 2.73. The molecule has 0 spiro atoms. The molecule has 1 rings (SSSR count). The molecule has 0 aliphatic rings. The Morgan fingerprint density at radius 3 is 2.40 bits per heavy atom. The molecule has 1 N–H and O–H groups in total. The number of rotatable bonds is 8. The molecule has 0 saturated heterocycles. The lowest BCUT2D eigenvalue weighted by molar-refractivity contribution is 0.439. The summed E-state index contributed by atoms with van der Waals surface area (Å²) in [5.74, 6) is 0.871. The average Bonchev–Trinajstić information content (AvgIpc) is 2.43. The van der Waals surface area contributed by atoms with Gasteiger partial charge in [0.2, 0.25) is 0 Å². The van der Waals surface area contributed by atoms with E-state index < -0.39 is 0 Å². The van der Waals surface area contributed by atoms with Gasteiger partial charge in [-0.05, 0) is 41.4 Å². The van der Waals surface area contributed by atoms with Crippen LogP contribution in [-0.4, -0.2) is 5.11 Å². The Balaban J connectivity index is 2.83. The van der Waals surface area contributed by atoms with E-state index in [1.54, 1.807) is 0 Å². The van der Waals surface area contributed by atoms with Crippen molar-refractivity contribution in [3.05, 3.63) is 29.3 Å². The van der Waals surface area contributed by atoms with Gasteiger partial charge in [-0.25, -0.2) is 0 Å². The summed E-state index contributed by atoms with van der Waals surface area (Å²) in [5.41, 5.74) is 2.66. The van der Waals surface area contributed by atoms with E-state index in [0.29, 0.717) is 11.7 Å². The van der Waals surface area contributed by atoms with Crippen LogP contribution in [0, 0.1) is 0 Å². The van der Waals surface area contributed by atoms with Crippen molar-refractivity contribution in [2.24, 2.45) is 0 Å². The fraction of sp³-hybridized carbons (Fsp3) is 0.684. The van der Waals surface area contributed by atoms with Crippen LogP contribution in [0.15, 0.2) is 18.2 Å². The summed E-state index contributed by atoms with van der Waals surface area (Å²) in [6, 6.07) is 6.20. The lowest BCUT2D eigenvalue weighted by Gasteiger charge is -2.27. The van der Waals surface area contributed by atoms with Crippen LogP contribution in [0.2, 0.25) is 0 Å². The molecule has 0 bridgehead atoms. The SMILES string of the molecule is CCCCCCC(C)(C)c1ccc(O)c(C(C)CC)c1. The highest BCUT2D eigenvalue weighted by Crippen LogP contribution is 2.35. The van der Waals surface area contributed by atoms with Crippen LogP contribution in [-0.2, 0) is 5.41 Å². The fourth-order valence-corrected chi connectivity index (χ4v) is 2.73. The second-order valence-corrected chi connectivity index (χ2v) is 6.78. The van der Waals surface area contributed by atoms with Gasteiger partial charge in [-0.15, -0.1) is 0 Å². The zero-order valence-electron chi connectivity index (χ0n) is 14.0. The minimum absolute atomic E-state index is 0.198. The zero-order chi connectivity index (χ0) is 15.2. The molecule has 1 aromatic carbocycles. The molecule has 0 amide bonds. The third kappa shape index (κ3) is 4.54. The number of hydrogen-bond donors (Lipinski definition) is 1. The molecule has 0 aromatic heterocycles. The van der Waals surface area contributed by atoms with Gasteiger partial charge in [-0.1, -0.05) is 72.4 Å². The molecule has 0 aliphatic carbocycles. The largest absolute Gasteiger partial charge is 0.508 e. The highest BCUT2D eigenvalue weighted by Gasteiger charge is 2.22. The molecule has 0 aliphatic heterocycles. The zero-order valence-corrected chi connectivity index (χ0v) is 14.0. The van der Waals surface area contributed by atoms with Crippen LogP contribution in [0.5, 0.6) is 5.75 Å². The lowest BCUT2D eigenvalue weighted by atomic mass is 9.78.